The van der Waals surface area contributed by atoms with Crippen molar-refractivity contribution >= 4 is 40.5 Å². The SMILES string of the molecule is C=CC(=O)Nc1cc(Nc2ncc(C(=O)OC(C)C)c(-c3cnc4ccccn34)n2)c(C)cc1N(C)CCN(C)C. The highest BCUT2D eigenvalue weighted by Crippen LogP contribution is 2.33. The van der Waals surface area contributed by atoms with E-state index in [1.54, 1.807) is 20.0 Å². The first kappa shape index (κ1) is 29.2. The van der Waals surface area contributed by atoms with Gasteiger partial charge in [-0.15, -0.1) is 0 Å². The van der Waals surface area contributed by atoms with Gasteiger partial charge in [0.25, 0.3) is 0 Å². The van der Waals surface area contributed by atoms with Crippen LogP contribution in [0, 0.1) is 6.92 Å². The lowest BCUT2D eigenvalue weighted by atomic mass is 10.1. The average molecular weight is 557 g/mol. The normalized spacial score (nSPS) is 11.1. The molecule has 1 amide bonds. The Morgan fingerprint density at radius 1 is 1.10 bits per heavy atom. The molecule has 0 bridgehead atoms. The second-order valence-corrected chi connectivity index (χ2v) is 10.2. The van der Waals surface area contributed by atoms with E-state index in [-0.39, 0.29) is 23.5 Å². The van der Waals surface area contributed by atoms with Gasteiger partial charge in [0, 0.05) is 38.2 Å². The minimum absolute atomic E-state index is 0.225. The number of carbonyl (C=O) groups is 2. The molecule has 0 unspecified atom stereocenters. The molecule has 0 saturated carbocycles. The van der Waals surface area contributed by atoms with Crippen LogP contribution in [-0.2, 0) is 9.53 Å². The molecule has 3 heterocycles. The molecule has 0 saturated heterocycles. The minimum Gasteiger partial charge on any atom is -0.459 e. The summed E-state index contributed by atoms with van der Waals surface area (Å²) in [7, 11) is 6.01. The summed E-state index contributed by atoms with van der Waals surface area (Å²) in [5.41, 5.74) is 5.02. The predicted octanol–water partition coefficient (Wildman–Crippen LogP) is 4.53. The van der Waals surface area contributed by atoms with Crippen molar-refractivity contribution in [2.24, 2.45) is 0 Å². The first-order valence-electron chi connectivity index (χ1n) is 13.3. The van der Waals surface area contributed by atoms with Crippen LogP contribution in [0.4, 0.5) is 23.0 Å². The molecule has 4 aromatic rings. The molecule has 41 heavy (non-hydrogen) atoms. The monoisotopic (exact) mass is 556 g/mol. The maximum Gasteiger partial charge on any atom is 0.342 e. The molecule has 0 atom stereocenters. The highest BCUT2D eigenvalue weighted by Gasteiger charge is 2.22. The number of benzene rings is 1. The van der Waals surface area contributed by atoms with Gasteiger partial charge in [0.05, 0.1) is 29.4 Å². The lowest BCUT2D eigenvalue weighted by Crippen LogP contribution is -2.29. The van der Waals surface area contributed by atoms with Crippen molar-refractivity contribution in [1.82, 2.24) is 24.3 Å². The summed E-state index contributed by atoms with van der Waals surface area (Å²) in [6.07, 6.45) is 5.90. The summed E-state index contributed by atoms with van der Waals surface area (Å²) in [6.45, 7) is 10.7. The van der Waals surface area contributed by atoms with Gasteiger partial charge in [-0.05, 0) is 70.8 Å². The summed E-state index contributed by atoms with van der Waals surface area (Å²) in [6, 6.07) is 9.48. The molecule has 4 rings (SSSR count). The third kappa shape index (κ3) is 6.87. The third-order valence-electron chi connectivity index (χ3n) is 6.34. The van der Waals surface area contributed by atoms with Crippen LogP contribution in [-0.4, -0.2) is 76.5 Å². The highest BCUT2D eigenvalue weighted by molar-refractivity contribution is 6.02. The number of likely N-dealkylation sites (N-methyl/N-ethyl adjacent to an activating group) is 2. The van der Waals surface area contributed by atoms with E-state index in [1.807, 2.05) is 69.0 Å². The third-order valence-corrected chi connectivity index (χ3v) is 6.34. The molecule has 11 nitrogen and oxygen atoms in total. The Kier molecular flexibility index (Phi) is 8.98. The highest BCUT2D eigenvalue weighted by atomic mass is 16.5. The standard InChI is InChI=1S/C30H36N8O3/c1-8-27(39)33-23-16-22(20(4)15-24(23)37(7)14-13-36(5)6)34-30-32-17-21(29(40)41-19(2)3)28(35-30)25-18-31-26-11-9-10-12-38(25)26/h8-12,15-19H,1,13-14H2,2-7H3,(H,33,39)(H,32,34,35). The van der Waals surface area contributed by atoms with Crippen LogP contribution in [0.5, 0.6) is 0 Å². The number of fused-ring (bicyclic) bond motifs is 1. The van der Waals surface area contributed by atoms with Crippen molar-refractivity contribution in [2.75, 3.05) is 49.8 Å². The molecule has 0 aliphatic rings. The molecule has 0 fully saturated rings. The van der Waals surface area contributed by atoms with Crippen molar-refractivity contribution < 1.29 is 14.3 Å². The quantitative estimate of drug-likeness (QED) is 0.203. The molecule has 0 radical (unpaired) electrons. The van der Waals surface area contributed by atoms with Crippen molar-refractivity contribution in [1.29, 1.82) is 0 Å². The molecule has 11 heteroatoms. The summed E-state index contributed by atoms with van der Waals surface area (Å²) in [5.74, 6) is -0.575. The van der Waals surface area contributed by atoms with Gasteiger partial charge >= 0.3 is 5.97 Å². The number of aromatic nitrogens is 4. The molecule has 1 aromatic carbocycles. The first-order valence-corrected chi connectivity index (χ1v) is 13.3. The van der Waals surface area contributed by atoms with E-state index in [0.29, 0.717) is 28.4 Å². The number of amides is 1. The Bertz CT molecular complexity index is 1580. The fourth-order valence-electron chi connectivity index (χ4n) is 4.19. The van der Waals surface area contributed by atoms with Crippen LogP contribution in [0.2, 0.25) is 0 Å². The molecule has 0 spiro atoms. The first-order chi connectivity index (χ1) is 19.6. The Morgan fingerprint density at radius 3 is 2.59 bits per heavy atom. The van der Waals surface area contributed by atoms with Crippen LogP contribution < -0.4 is 15.5 Å². The smallest absolute Gasteiger partial charge is 0.342 e. The van der Waals surface area contributed by atoms with Crippen LogP contribution in [0.25, 0.3) is 17.0 Å². The Hall–Kier alpha value is -4.77. The van der Waals surface area contributed by atoms with Gasteiger partial charge in [-0.1, -0.05) is 12.6 Å². The number of nitrogens with zero attached hydrogens (tertiary/aromatic N) is 6. The number of hydrogen-bond donors (Lipinski definition) is 2. The van der Waals surface area contributed by atoms with E-state index in [1.165, 1.54) is 12.3 Å². The zero-order valence-corrected chi connectivity index (χ0v) is 24.3. The zero-order valence-electron chi connectivity index (χ0n) is 24.3. The number of aryl methyl sites for hydroxylation is 1. The summed E-state index contributed by atoms with van der Waals surface area (Å²) < 4.78 is 7.32. The van der Waals surface area contributed by atoms with E-state index in [4.69, 9.17) is 9.72 Å². The Morgan fingerprint density at radius 2 is 1.88 bits per heavy atom. The number of carbonyl (C=O) groups excluding carboxylic acids is 2. The van der Waals surface area contributed by atoms with E-state index in [0.717, 1.165) is 24.3 Å². The van der Waals surface area contributed by atoms with Gasteiger partial charge in [-0.25, -0.2) is 19.7 Å². The van der Waals surface area contributed by atoms with Crippen LogP contribution >= 0.6 is 0 Å². The minimum atomic E-state index is -0.525. The number of nitrogens with one attached hydrogen (secondary N) is 2. The lowest BCUT2D eigenvalue weighted by Gasteiger charge is -2.25. The number of imidazole rings is 1. The number of ether oxygens (including phenoxy) is 1. The number of pyridine rings is 1. The fourth-order valence-corrected chi connectivity index (χ4v) is 4.19. The van der Waals surface area contributed by atoms with Crippen LogP contribution in [0.15, 0.2) is 61.6 Å². The topological polar surface area (TPSA) is 117 Å². The average Bonchev–Trinajstić information content (AvgIpc) is 3.37. The summed E-state index contributed by atoms with van der Waals surface area (Å²) in [4.78, 5) is 43.1. The summed E-state index contributed by atoms with van der Waals surface area (Å²) in [5, 5.41) is 6.18. The molecule has 2 N–H and O–H groups in total. The van der Waals surface area contributed by atoms with Crippen LogP contribution in [0.3, 0.4) is 0 Å². The molecule has 0 aliphatic heterocycles. The molecular formula is C30H36N8O3. The molecule has 0 aliphatic carbocycles. The maximum absolute atomic E-state index is 13.0. The van der Waals surface area contributed by atoms with Crippen molar-refractivity contribution in [3.8, 4) is 11.4 Å². The van der Waals surface area contributed by atoms with Gasteiger partial charge in [-0.3, -0.25) is 9.20 Å². The van der Waals surface area contributed by atoms with Crippen molar-refractivity contribution in [3.05, 3.63) is 72.7 Å². The van der Waals surface area contributed by atoms with E-state index in [9.17, 15) is 9.59 Å². The predicted molar refractivity (Wildman–Crippen MR) is 162 cm³/mol. The van der Waals surface area contributed by atoms with Crippen molar-refractivity contribution in [3.63, 3.8) is 0 Å². The van der Waals surface area contributed by atoms with Crippen LogP contribution in [0.1, 0.15) is 29.8 Å². The van der Waals surface area contributed by atoms with Gasteiger partial charge in [0.1, 0.15) is 16.9 Å². The van der Waals surface area contributed by atoms with Gasteiger partial charge in [-0.2, -0.15) is 0 Å². The maximum atomic E-state index is 13.0. The Labute approximate surface area is 239 Å². The van der Waals surface area contributed by atoms with Crippen molar-refractivity contribution in [2.45, 2.75) is 26.9 Å². The lowest BCUT2D eigenvalue weighted by molar-refractivity contribution is -0.111. The second-order valence-electron chi connectivity index (χ2n) is 10.2. The molecular weight excluding hydrogens is 520 g/mol. The zero-order chi connectivity index (χ0) is 29.7. The van der Waals surface area contributed by atoms with E-state index in [2.05, 4.69) is 37.0 Å². The number of hydrogen-bond acceptors (Lipinski definition) is 9. The van der Waals surface area contributed by atoms with E-state index < -0.39 is 5.97 Å². The molecule has 214 valence electrons. The molecule has 3 aromatic heterocycles. The Balaban J connectivity index is 1.76. The van der Waals surface area contributed by atoms with Gasteiger partial charge in [0.2, 0.25) is 11.9 Å². The van der Waals surface area contributed by atoms with Gasteiger partial charge < -0.3 is 25.2 Å². The number of rotatable bonds is 11. The second kappa shape index (κ2) is 12.6. The summed E-state index contributed by atoms with van der Waals surface area (Å²) >= 11 is 0. The van der Waals surface area contributed by atoms with E-state index >= 15 is 0 Å². The fraction of sp³-hybridized carbons (Fsp3) is 0.300. The van der Waals surface area contributed by atoms with Gasteiger partial charge in [0.15, 0.2) is 0 Å². The number of anilines is 4. The number of esters is 1. The largest absolute Gasteiger partial charge is 0.459 e.